The molecule has 1 saturated heterocycles. The number of anilines is 1. The van der Waals surface area contributed by atoms with Gasteiger partial charge in [0.1, 0.15) is 11.4 Å². The van der Waals surface area contributed by atoms with Crippen molar-refractivity contribution in [1.82, 2.24) is 4.98 Å². The average Bonchev–Trinajstić information content (AvgIpc) is 2.63. The van der Waals surface area contributed by atoms with Crippen LogP contribution >= 0.6 is 15.9 Å². The molecular formula is C16H23BrN2O2. The fourth-order valence-electron chi connectivity index (χ4n) is 3.02. The first-order valence-corrected chi connectivity index (χ1v) is 8.22. The van der Waals surface area contributed by atoms with Gasteiger partial charge in [0.05, 0.1) is 0 Å². The van der Waals surface area contributed by atoms with Gasteiger partial charge in [-0.2, -0.15) is 0 Å². The van der Waals surface area contributed by atoms with Crippen molar-refractivity contribution in [3.8, 4) is 0 Å². The lowest BCUT2D eigenvalue weighted by atomic mass is 9.77. The van der Waals surface area contributed by atoms with Crippen molar-refractivity contribution in [3.05, 3.63) is 22.3 Å². The zero-order valence-electron chi connectivity index (χ0n) is 12.9. The maximum Gasteiger partial charge on any atom is 0.339 e. The van der Waals surface area contributed by atoms with Gasteiger partial charge in [-0.1, -0.05) is 20.8 Å². The Balaban J connectivity index is 2.22. The van der Waals surface area contributed by atoms with Gasteiger partial charge in [0.15, 0.2) is 0 Å². The summed E-state index contributed by atoms with van der Waals surface area (Å²) in [5.41, 5.74) is 0.581. The lowest BCUT2D eigenvalue weighted by Crippen LogP contribution is -2.28. The van der Waals surface area contributed by atoms with Crippen LogP contribution in [-0.4, -0.2) is 29.1 Å². The van der Waals surface area contributed by atoms with Gasteiger partial charge in [0, 0.05) is 23.8 Å². The van der Waals surface area contributed by atoms with E-state index in [1.54, 1.807) is 12.3 Å². The molecule has 1 fully saturated rings. The van der Waals surface area contributed by atoms with Crippen LogP contribution in [-0.2, 0) is 0 Å². The number of halogens is 1. The number of nitrogens with zero attached hydrogens (tertiary/aromatic N) is 2. The molecule has 1 aromatic rings. The quantitative estimate of drug-likeness (QED) is 0.864. The zero-order valence-corrected chi connectivity index (χ0v) is 14.5. The van der Waals surface area contributed by atoms with E-state index in [1.807, 2.05) is 0 Å². The van der Waals surface area contributed by atoms with Crippen molar-refractivity contribution >= 4 is 27.7 Å². The summed E-state index contributed by atoms with van der Waals surface area (Å²) in [6.45, 7) is 8.61. The van der Waals surface area contributed by atoms with Crippen LogP contribution in [0.5, 0.6) is 0 Å². The average molecular weight is 355 g/mol. The highest BCUT2D eigenvalue weighted by Crippen LogP contribution is 2.35. The minimum Gasteiger partial charge on any atom is -0.478 e. The highest BCUT2D eigenvalue weighted by atomic mass is 79.9. The summed E-state index contributed by atoms with van der Waals surface area (Å²) in [5.74, 6) is 0.349. The van der Waals surface area contributed by atoms with Crippen LogP contribution in [0.25, 0.3) is 0 Å². The first-order valence-electron chi connectivity index (χ1n) is 7.43. The molecular weight excluding hydrogens is 332 g/mol. The highest BCUT2D eigenvalue weighted by Gasteiger charge is 2.28. The van der Waals surface area contributed by atoms with Gasteiger partial charge < -0.3 is 10.0 Å². The van der Waals surface area contributed by atoms with Gasteiger partial charge in [0.2, 0.25) is 0 Å². The molecule has 2 heterocycles. The van der Waals surface area contributed by atoms with Crippen LogP contribution in [0.3, 0.4) is 0 Å². The first-order chi connectivity index (χ1) is 9.79. The van der Waals surface area contributed by atoms with Crippen molar-refractivity contribution in [2.45, 2.75) is 40.0 Å². The van der Waals surface area contributed by atoms with E-state index in [9.17, 15) is 9.90 Å². The Morgan fingerprint density at radius 1 is 1.38 bits per heavy atom. The third kappa shape index (κ3) is 3.96. The fraction of sp³-hybridized carbons (Fsp3) is 0.625. The summed E-state index contributed by atoms with van der Waals surface area (Å²) in [5, 5.41) is 9.38. The van der Waals surface area contributed by atoms with Gasteiger partial charge >= 0.3 is 5.97 Å². The molecule has 1 aliphatic heterocycles. The van der Waals surface area contributed by atoms with Gasteiger partial charge in [-0.3, -0.25) is 0 Å². The standard InChI is InChI=1S/C16H23BrN2O2/c1-16(2,3)11-5-4-7-19(8-6-11)14-13(15(20)21)9-12(17)10-18-14/h9-11H,4-8H2,1-3H3,(H,20,21). The molecule has 0 amide bonds. The smallest absolute Gasteiger partial charge is 0.339 e. The molecule has 0 radical (unpaired) electrons. The molecule has 1 atom stereocenters. The van der Waals surface area contributed by atoms with E-state index in [-0.39, 0.29) is 5.56 Å². The molecule has 0 spiro atoms. The molecule has 1 unspecified atom stereocenters. The van der Waals surface area contributed by atoms with E-state index in [0.717, 1.165) is 25.9 Å². The lowest BCUT2D eigenvalue weighted by molar-refractivity contribution is 0.0697. The maximum atomic E-state index is 11.4. The summed E-state index contributed by atoms with van der Waals surface area (Å²) in [6.07, 6.45) is 5.03. The van der Waals surface area contributed by atoms with Crippen molar-refractivity contribution in [2.75, 3.05) is 18.0 Å². The second kappa shape index (κ2) is 6.34. The Bertz CT molecular complexity index is 525. The van der Waals surface area contributed by atoms with Crippen molar-refractivity contribution < 1.29 is 9.90 Å². The van der Waals surface area contributed by atoms with Crippen molar-refractivity contribution in [2.24, 2.45) is 11.3 Å². The SMILES string of the molecule is CC(C)(C)C1CCCN(c2ncc(Br)cc2C(=O)O)CC1. The highest BCUT2D eigenvalue weighted by molar-refractivity contribution is 9.10. The summed E-state index contributed by atoms with van der Waals surface area (Å²) in [7, 11) is 0. The maximum absolute atomic E-state index is 11.4. The summed E-state index contributed by atoms with van der Waals surface area (Å²) < 4.78 is 0.700. The van der Waals surface area contributed by atoms with Crippen molar-refractivity contribution in [1.29, 1.82) is 0 Å². The van der Waals surface area contributed by atoms with Gasteiger partial charge in [-0.05, 0) is 52.6 Å². The Morgan fingerprint density at radius 3 is 2.71 bits per heavy atom. The van der Waals surface area contributed by atoms with E-state index >= 15 is 0 Å². The third-order valence-electron chi connectivity index (χ3n) is 4.32. The van der Waals surface area contributed by atoms with Crippen LogP contribution < -0.4 is 4.90 Å². The monoisotopic (exact) mass is 354 g/mol. The molecule has 2 rings (SSSR count). The molecule has 0 saturated carbocycles. The second-order valence-electron chi connectivity index (χ2n) is 6.81. The number of hydrogen-bond donors (Lipinski definition) is 1. The van der Waals surface area contributed by atoms with Crippen LogP contribution in [0.15, 0.2) is 16.7 Å². The number of aromatic nitrogens is 1. The van der Waals surface area contributed by atoms with Crippen LogP contribution in [0, 0.1) is 11.3 Å². The topological polar surface area (TPSA) is 53.4 Å². The first kappa shape index (κ1) is 16.3. The number of aromatic carboxylic acids is 1. The molecule has 1 aliphatic rings. The normalized spacial score (nSPS) is 20.2. The largest absolute Gasteiger partial charge is 0.478 e. The molecule has 1 aromatic heterocycles. The number of carbonyl (C=O) groups is 1. The van der Waals surface area contributed by atoms with Gasteiger partial charge in [0.25, 0.3) is 0 Å². The minimum absolute atomic E-state index is 0.276. The number of carboxylic acids is 1. The Kier molecular flexibility index (Phi) is 4.91. The molecule has 4 nitrogen and oxygen atoms in total. The Labute approximate surface area is 134 Å². The predicted octanol–water partition coefficient (Wildman–Crippen LogP) is 4.19. The van der Waals surface area contributed by atoms with E-state index in [4.69, 9.17) is 0 Å². The number of rotatable bonds is 2. The molecule has 1 N–H and O–H groups in total. The van der Waals surface area contributed by atoms with Gasteiger partial charge in [-0.25, -0.2) is 9.78 Å². The number of carboxylic acid groups (broad SMARTS) is 1. The number of hydrogen-bond acceptors (Lipinski definition) is 3. The molecule has 116 valence electrons. The minimum atomic E-state index is -0.921. The Hall–Kier alpha value is -1.10. The van der Waals surface area contributed by atoms with E-state index in [0.29, 0.717) is 21.6 Å². The molecule has 0 aliphatic carbocycles. The second-order valence-corrected chi connectivity index (χ2v) is 7.73. The fourth-order valence-corrected chi connectivity index (χ4v) is 3.35. The van der Waals surface area contributed by atoms with E-state index in [1.165, 1.54) is 6.42 Å². The Morgan fingerprint density at radius 2 is 2.10 bits per heavy atom. The van der Waals surface area contributed by atoms with Crippen LogP contribution in [0.2, 0.25) is 0 Å². The molecule has 0 bridgehead atoms. The predicted molar refractivity (Wildman–Crippen MR) is 87.9 cm³/mol. The van der Waals surface area contributed by atoms with E-state index < -0.39 is 5.97 Å². The lowest BCUT2D eigenvalue weighted by Gasteiger charge is -2.30. The molecule has 0 aromatic carbocycles. The summed E-state index contributed by atoms with van der Waals surface area (Å²) >= 11 is 3.30. The zero-order chi connectivity index (χ0) is 15.6. The van der Waals surface area contributed by atoms with Gasteiger partial charge in [-0.15, -0.1) is 0 Å². The van der Waals surface area contributed by atoms with Crippen molar-refractivity contribution in [3.63, 3.8) is 0 Å². The summed E-state index contributed by atoms with van der Waals surface area (Å²) in [4.78, 5) is 17.9. The van der Waals surface area contributed by atoms with Crippen LogP contribution in [0.4, 0.5) is 5.82 Å². The molecule has 21 heavy (non-hydrogen) atoms. The third-order valence-corrected chi connectivity index (χ3v) is 4.75. The van der Waals surface area contributed by atoms with Crippen LogP contribution in [0.1, 0.15) is 50.4 Å². The number of pyridine rings is 1. The van der Waals surface area contributed by atoms with E-state index in [2.05, 4.69) is 46.6 Å². The molecule has 5 heteroatoms. The summed E-state index contributed by atoms with van der Waals surface area (Å²) in [6, 6.07) is 1.64.